The van der Waals surface area contributed by atoms with Crippen molar-refractivity contribution in [3.63, 3.8) is 0 Å². The van der Waals surface area contributed by atoms with Crippen molar-refractivity contribution in [2.75, 3.05) is 60.9 Å². The maximum absolute atomic E-state index is 13.5. The van der Waals surface area contributed by atoms with Gasteiger partial charge in [0.25, 0.3) is 0 Å². The third-order valence-corrected chi connectivity index (χ3v) is 7.81. The third kappa shape index (κ3) is 7.59. The van der Waals surface area contributed by atoms with Crippen LogP contribution in [0.1, 0.15) is 58.4 Å². The van der Waals surface area contributed by atoms with E-state index in [2.05, 4.69) is 10.3 Å². The average molecular weight is 582 g/mol. The number of carboxylic acids is 1. The predicted molar refractivity (Wildman–Crippen MR) is 161 cm³/mol. The van der Waals surface area contributed by atoms with E-state index in [-0.39, 0.29) is 18.5 Å². The van der Waals surface area contributed by atoms with Gasteiger partial charge in [0.2, 0.25) is 5.95 Å². The molecule has 2 aromatic rings. The van der Waals surface area contributed by atoms with Crippen LogP contribution in [0.3, 0.4) is 0 Å². The van der Waals surface area contributed by atoms with Crippen molar-refractivity contribution in [2.24, 2.45) is 0 Å². The van der Waals surface area contributed by atoms with Crippen LogP contribution >= 0.6 is 0 Å². The van der Waals surface area contributed by atoms with Crippen LogP contribution in [0, 0.1) is 0 Å². The van der Waals surface area contributed by atoms with Gasteiger partial charge in [0, 0.05) is 52.2 Å². The number of hydrogen-bond acceptors (Lipinski definition) is 8. The Labute approximate surface area is 247 Å². The highest BCUT2D eigenvalue weighted by molar-refractivity contribution is 5.95. The summed E-state index contributed by atoms with van der Waals surface area (Å²) in [7, 11) is 0. The second-order valence-electron chi connectivity index (χ2n) is 10.6. The number of aliphatic carboxylic acids is 1. The van der Waals surface area contributed by atoms with Crippen LogP contribution in [0.2, 0.25) is 0 Å². The van der Waals surface area contributed by atoms with E-state index in [0.29, 0.717) is 69.0 Å². The molecule has 0 aliphatic carbocycles. The molecule has 2 aliphatic rings. The van der Waals surface area contributed by atoms with Crippen molar-refractivity contribution >= 4 is 35.5 Å². The Morgan fingerprint density at radius 3 is 2.14 bits per heavy atom. The molecule has 1 atom stereocenters. The minimum Gasteiger partial charge on any atom is -0.480 e. The molecule has 4 rings (SSSR count). The molecule has 3 heterocycles. The molecule has 12 heteroatoms. The van der Waals surface area contributed by atoms with Gasteiger partial charge in [0.15, 0.2) is 5.82 Å². The van der Waals surface area contributed by atoms with Crippen LogP contribution in [0.5, 0.6) is 5.75 Å². The van der Waals surface area contributed by atoms with E-state index < -0.39 is 12.0 Å². The Kier molecular flexibility index (Phi) is 10.8. The average Bonchev–Trinajstić information content (AvgIpc) is 3.55. The van der Waals surface area contributed by atoms with Gasteiger partial charge in [-0.05, 0) is 70.6 Å². The minimum absolute atomic E-state index is 0.134. The van der Waals surface area contributed by atoms with E-state index in [1.165, 1.54) is 0 Å². The number of carboxylic acid groups (broad SMARTS) is 1. The summed E-state index contributed by atoms with van der Waals surface area (Å²) in [5, 5.41) is 13.3. The Morgan fingerprint density at radius 2 is 1.55 bits per heavy atom. The Hall–Kier alpha value is -4.09. The molecule has 0 unspecified atom stereocenters. The maximum Gasteiger partial charge on any atom is 0.415 e. The van der Waals surface area contributed by atoms with Crippen LogP contribution < -0.4 is 19.9 Å². The molecule has 1 aromatic heterocycles. The highest BCUT2D eigenvalue weighted by Gasteiger charge is 2.28. The van der Waals surface area contributed by atoms with E-state index >= 15 is 0 Å². The fourth-order valence-corrected chi connectivity index (χ4v) is 5.35. The van der Waals surface area contributed by atoms with Crippen molar-refractivity contribution in [1.29, 1.82) is 0 Å². The monoisotopic (exact) mass is 581 g/mol. The molecule has 2 N–H and O–H groups in total. The van der Waals surface area contributed by atoms with E-state index in [4.69, 9.17) is 9.72 Å². The second-order valence-corrected chi connectivity index (χ2v) is 10.6. The fraction of sp³-hybridized carbons (Fsp3) is 0.567. The maximum atomic E-state index is 13.5. The van der Waals surface area contributed by atoms with Crippen LogP contribution in [-0.2, 0) is 11.2 Å². The first kappa shape index (κ1) is 30.9. The summed E-state index contributed by atoms with van der Waals surface area (Å²) in [6.07, 6.45) is 6.36. The Morgan fingerprint density at radius 1 is 0.929 bits per heavy atom. The zero-order valence-corrected chi connectivity index (χ0v) is 24.9. The molecule has 2 saturated heterocycles. The summed E-state index contributed by atoms with van der Waals surface area (Å²) < 4.78 is 5.48. The normalized spacial score (nSPS) is 15.7. The highest BCUT2D eigenvalue weighted by atomic mass is 16.6. The van der Waals surface area contributed by atoms with Gasteiger partial charge < -0.3 is 29.9 Å². The lowest BCUT2D eigenvalue weighted by Gasteiger charge is -2.33. The minimum atomic E-state index is -1.06. The first-order chi connectivity index (χ1) is 20.3. The van der Waals surface area contributed by atoms with Gasteiger partial charge in [-0.2, -0.15) is 4.98 Å². The van der Waals surface area contributed by atoms with Crippen molar-refractivity contribution in [3.05, 3.63) is 36.0 Å². The number of piperidine rings is 1. The van der Waals surface area contributed by atoms with Crippen molar-refractivity contribution < 1.29 is 24.2 Å². The summed E-state index contributed by atoms with van der Waals surface area (Å²) in [4.78, 5) is 54.7. The number of carbonyl (C=O) groups excluding carboxylic acids is 2. The van der Waals surface area contributed by atoms with Crippen LogP contribution in [0.15, 0.2) is 30.5 Å². The molecule has 3 amide bonds. The topological polar surface area (TPSA) is 131 Å². The first-order valence-corrected chi connectivity index (χ1v) is 15.1. The summed E-state index contributed by atoms with van der Waals surface area (Å²) in [5.41, 5.74) is 1.19. The van der Waals surface area contributed by atoms with Gasteiger partial charge in [-0.1, -0.05) is 12.1 Å². The van der Waals surface area contributed by atoms with Gasteiger partial charge >= 0.3 is 18.1 Å². The van der Waals surface area contributed by atoms with Gasteiger partial charge in [-0.25, -0.2) is 19.4 Å². The second kappa shape index (κ2) is 14.7. The summed E-state index contributed by atoms with van der Waals surface area (Å²) in [6, 6.07) is 5.69. The number of ether oxygens (including phenoxy) is 1. The number of aromatic nitrogens is 2. The highest BCUT2D eigenvalue weighted by Crippen LogP contribution is 2.29. The van der Waals surface area contributed by atoms with Gasteiger partial charge in [0.05, 0.1) is 6.20 Å². The fourth-order valence-electron chi connectivity index (χ4n) is 5.35. The van der Waals surface area contributed by atoms with E-state index in [1.54, 1.807) is 40.3 Å². The molecule has 0 saturated carbocycles. The van der Waals surface area contributed by atoms with E-state index in [0.717, 1.165) is 37.7 Å². The largest absolute Gasteiger partial charge is 0.480 e. The number of carbonyl (C=O) groups is 3. The molecule has 42 heavy (non-hydrogen) atoms. The van der Waals surface area contributed by atoms with Crippen LogP contribution in [0.25, 0.3) is 0 Å². The number of anilines is 3. The number of nitrogens with one attached hydrogen (secondary N) is 1. The number of rotatable bonds is 11. The number of nitrogens with zero attached hydrogens (tertiary/aromatic N) is 6. The Bertz CT molecular complexity index is 1210. The number of likely N-dealkylation sites (tertiary alicyclic amines) is 2. The number of benzene rings is 1. The smallest absolute Gasteiger partial charge is 0.415 e. The molecule has 228 valence electrons. The van der Waals surface area contributed by atoms with Crippen molar-refractivity contribution in [3.8, 4) is 5.75 Å². The zero-order valence-electron chi connectivity index (χ0n) is 24.9. The molecular weight excluding hydrogens is 538 g/mol. The van der Waals surface area contributed by atoms with E-state index in [1.807, 2.05) is 30.6 Å². The molecule has 2 aliphatic heterocycles. The number of hydrogen-bond donors (Lipinski definition) is 2. The molecule has 0 bridgehead atoms. The van der Waals surface area contributed by atoms with Crippen LogP contribution in [0.4, 0.5) is 27.0 Å². The lowest BCUT2D eigenvalue weighted by atomic mass is 10.1. The van der Waals surface area contributed by atoms with Gasteiger partial charge in [-0.15, -0.1) is 0 Å². The molecule has 0 radical (unpaired) electrons. The lowest BCUT2D eigenvalue weighted by molar-refractivity contribution is -0.137. The SMILES string of the molecule is CCN(CC)c1ncc(N(CC)C(=O)N2CCCCC2)c(N[C@@H](Cc2ccc(OC(=O)N3CCCC3)cc2)C(=O)O)n1. The molecule has 12 nitrogen and oxygen atoms in total. The van der Waals surface area contributed by atoms with Crippen LogP contribution in [-0.4, -0.2) is 94.8 Å². The van der Waals surface area contributed by atoms with Gasteiger partial charge in [-0.3, -0.25) is 4.90 Å². The molecule has 2 fully saturated rings. The molecule has 0 spiro atoms. The molecule has 1 aromatic carbocycles. The van der Waals surface area contributed by atoms with Gasteiger partial charge in [0.1, 0.15) is 17.5 Å². The first-order valence-electron chi connectivity index (χ1n) is 15.1. The zero-order chi connectivity index (χ0) is 30.1. The van der Waals surface area contributed by atoms with Crippen molar-refractivity contribution in [1.82, 2.24) is 19.8 Å². The van der Waals surface area contributed by atoms with E-state index in [9.17, 15) is 19.5 Å². The summed E-state index contributed by atoms with van der Waals surface area (Å²) in [5.74, 6) is 0.106. The summed E-state index contributed by atoms with van der Waals surface area (Å²) >= 11 is 0. The van der Waals surface area contributed by atoms with Crippen molar-refractivity contribution in [2.45, 2.75) is 65.3 Å². The quantitative estimate of drug-likeness (QED) is 0.395. The standard InChI is InChI=1S/C30H43N7O5/c1-4-34(5-2)28-31-21-25(37(6-3)29(40)35-16-8-7-9-17-35)26(33-28)32-24(27(38)39)20-22-12-14-23(15-13-22)42-30(41)36-18-10-11-19-36/h12-15,21,24H,4-11,16-20H2,1-3H3,(H,38,39)(H,31,32,33)/t24-/m0/s1. The number of amides is 3. The lowest BCUT2D eigenvalue weighted by Crippen LogP contribution is -2.46. The summed E-state index contributed by atoms with van der Waals surface area (Å²) in [6.45, 7) is 10.4. The third-order valence-electron chi connectivity index (χ3n) is 7.81. The Balaban J connectivity index is 1.56. The number of urea groups is 1. The predicted octanol–water partition coefficient (Wildman–Crippen LogP) is 4.46. The molecular formula is C30H43N7O5.